The fourth-order valence-corrected chi connectivity index (χ4v) is 2.95. The summed E-state index contributed by atoms with van der Waals surface area (Å²) in [6, 6.07) is 10.7. The van der Waals surface area contributed by atoms with Gasteiger partial charge in [-0.05, 0) is 30.5 Å². The van der Waals surface area contributed by atoms with Crippen LogP contribution in [0.25, 0.3) is 10.4 Å². The molecule has 0 fully saturated rings. The van der Waals surface area contributed by atoms with Crippen molar-refractivity contribution in [1.82, 2.24) is 0 Å². The van der Waals surface area contributed by atoms with Crippen LogP contribution in [0.3, 0.4) is 0 Å². The van der Waals surface area contributed by atoms with Gasteiger partial charge in [-0.2, -0.15) is 5.10 Å². The largest absolute Gasteiger partial charge is 0.278 e. The molecule has 0 aliphatic rings. The third-order valence-corrected chi connectivity index (χ3v) is 4.34. The number of nitrogens with zero attached hydrogens (tertiary/aromatic N) is 1. The Labute approximate surface area is 112 Å². The summed E-state index contributed by atoms with van der Waals surface area (Å²) < 4.78 is 0. The average molecular weight is 258 g/mol. The Morgan fingerprint density at radius 3 is 2.61 bits per heavy atom. The molecule has 94 valence electrons. The van der Waals surface area contributed by atoms with Crippen molar-refractivity contribution in [1.29, 1.82) is 0 Å². The lowest BCUT2D eigenvalue weighted by Gasteiger charge is -2.10. The molecule has 0 saturated carbocycles. The number of hydrogen-bond donors (Lipinski definition) is 1. The van der Waals surface area contributed by atoms with Crippen LogP contribution in [-0.4, -0.2) is 6.72 Å². The summed E-state index contributed by atoms with van der Waals surface area (Å²) in [4.78, 5) is 2.68. The second kappa shape index (κ2) is 5.36. The molecule has 1 aromatic carbocycles. The monoisotopic (exact) mass is 258 g/mol. The van der Waals surface area contributed by atoms with Crippen molar-refractivity contribution in [2.24, 2.45) is 5.10 Å². The first-order valence-electron chi connectivity index (χ1n) is 6.05. The Balaban J connectivity index is 2.48. The summed E-state index contributed by atoms with van der Waals surface area (Å²) in [7, 11) is 0. The molecule has 2 rings (SSSR count). The Morgan fingerprint density at radius 1 is 1.22 bits per heavy atom. The van der Waals surface area contributed by atoms with Crippen LogP contribution in [0, 0.1) is 6.92 Å². The number of hydrazone groups is 1. The first-order valence-corrected chi connectivity index (χ1v) is 6.86. The van der Waals surface area contributed by atoms with E-state index in [1.165, 1.54) is 20.9 Å². The Kier molecular flexibility index (Phi) is 3.82. The zero-order valence-electron chi connectivity index (χ0n) is 11.0. The van der Waals surface area contributed by atoms with Crippen molar-refractivity contribution in [2.75, 3.05) is 5.43 Å². The quantitative estimate of drug-likeness (QED) is 0.613. The summed E-state index contributed by atoms with van der Waals surface area (Å²) >= 11 is 1.84. The van der Waals surface area contributed by atoms with Crippen LogP contribution >= 0.6 is 11.3 Å². The molecule has 3 heteroatoms. The van der Waals surface area contributed by atoms with Crippen LogP contribution in [0.2, 0.25) is 0 Å². The first kappa shape index (κ1) is 12.8. The van der Waals surface area contributed by atoms with Gasteiger partial charge in [0.2, 0.25) is 0 Å². The molecule has 18 heavy (non-hydrogen) atoms. The molecule has 0 aliphatic carbocycles. The summed E-state index contributed by atoms with van der Waals surface area (Å²) in [6.07, 6.45) is 0. The van der Waals surface area contributed by atoms with Gasteiger partial charge in [-0.1, -0.05) is 32.0 Å². The van der Waals surface area contributed by atoms with E-state index >= 15 is 0 Å². The van der Waals surface area contributed by atoms with Gasteiger partial charge in [-0.3, -0.25) is 5.43 Å². The SMILES string of the molecule is C=NNc1c(C)cccc1-c1ccc(C(C)C)s1. The van der Waals surface area contributed by atoms with Crippen molar-refractivity contribution in [2.45, 2.75) is 26.7 Å². The molecule has 0 radical (unpaired) electrons. The van der Waals surface area contributed by atoms with Crippen molar-refractivity contribution in [3.05, 3.63) is 40.8 Å². The standard InChI is InChI=1S/C15H18N2S/c1-10(2)13-8-9-14(18-13)12-7-5-6-11(3)15(12)17-16-4/h5-10,17H,4H2,1-3H3. The van der Waals surface area contributed by atoms with Crippen molar-refractivity contribution in [3.63, 3.8) is 0 Å². The van der Waals surface area contributed by atoms with Gasteiger partial charge >= 0.3 is 0 Å². The number of nitrogens with one attached hydrogen (secondary N) is 1. The summed E-state index contributed by atoms with van der Waals surface area (Å²) in [5, 5.41) is 3.80. The molecular weight excluding hydrogens is 240 g/mol. The number of rotatable bonds is 4. The Bertz CT molecular complexity index is 555. The lowest BCUT2D eigenvalue weighted by Crippen LogP contribution is -1.93. The first-order chi connectivity index (χ1) is 8.63. The second-order valence-corrected chi connectivity index (χ2v) is 5.74. The summed E-state index contributed by atoms with van der Waals surface area (Å²) in [5.41, 5.74) is 6.42. The maximum Gasteiger partial charge on any atom is 0.0677 e. The molecule has 0 aliphatic heterocycles. The van der Waals surface area contributed by atoms with Gasteiger partial charge in [-0.15, -0.1) is 11.3 Å². The van der Waals surface area contributed by atoms with Gasteiger partial charge in [0.15, 0.2) is 0 Å². The molecule has 0 spiro atoms. The average Bonchev–Trinajstić information content (AvgIpc) is 2.81. The predicted octanol–water partition coefficient (Wildman–Crippen LogP) is 4.87. The smallest absolute Gasteiger partial charge is 0.0677 e. The van der Waals surface area contributed by atoms with E-state index in [0.717, 1.165) is 5.69 Å². The molecular formula is C15H18N2S. The minimum Gasteiger partial charge on any atom is -0.278 e. The van der Waals surface area contributed by atoms with Gasteiger partial charge in [0.1, 0.15) is 0 Å². The van der Waals surface area contributed by atoms with E-state index in [1.54, 1.807) is 0 Å². The summed E-state index contributed by atoms with van der Waals surface area (Å²) in [6.45, 7) is 10.0. The van der Waals surface area contributed by atoms with E-state index in [4.69, 9.17) is 0 Å². The number of anilines is 1. The van der Waals surface area contributed by atoms with Gasteiger partial charge in [0.05, 0.1) is 5.69 Å². The Hall–Kier alpha value is -1.61. The molecule has 1 N–H and O–H groups in total. The van der Waals surface area contributed by atoms with Crippen LogP contribution in [0.15, 0.2) is 35.4 Å². The molecule has 1 heterocycles. The van der Waals surface area contributed by atoms with E-state index in [1.807, 2.05) is 11.3 Å². The highest BCUT2D eigenvalue weighted by atomic mass is 32.1. The predicted molar refractivity (Wildman–Crippen MR) is 81.8 cm³/mol. The van der Waals surface area contributed by atoms with Gasteiger partial charge in [0.25, 0.3) is 0 Å². The highest BCUT2D eigenvalue weighted by Crippen LogP contribution is 2.37. The number of para-hydroxylation sites is 1. The molecule has 0 saturated heterocycles. The molecule has 2 nitrogen and oxygen atoms in total. The maximum absolute atomic E-state index is 3.80. The van der Waals surface area contributed by atoms with Gasteiger partial charge < -0.3 is 0 Å². The van der Waals surface area contributed by atoms with Gasteiger partial charge in [0, 0.05) is 22.0 Å². The lowest BCUT2D eigenvalue weighted by atomic mass is 10.1. The lowest BCUT2D eigenvalue weighted by molar-refractivity contribution is 0.890. The highest BCUT2D eigenvalue weighted by Gasteiger charge is 2.10. The van der Waals surface area contributed by atoms with Crippen molar-refractivity contribution >= 4 is 23.7 Å². The van der Waals surface area contributed by atoms with E-state index in [2.05, 4.69) is 68.3 Å². The maximum atomic E-state index is 3.80. The third-order valence-electron chi connectivity index (χ3n) is 2.92. The minimum atomic E-state index is 0.572. The normalized spacial score (nSPS) is 10.7. The van der Waals surface area contributed by atoms with Crippen LogP contribution in [0.5, 0.6) is 0 Å². The minimum absolute atomic E-state index is 0.572. The zero-order valence-corrected chi connectivity index (χ0v) is 11.8. The van der Waals surface area contributed by atoms with E-state index < -0.39 is 0 Å². The molecule has 2 aromatic rings. The highest BCUT2D eigenvalue weighted by molar-refractivity contribution is 7.15. The van der Waals surface area contributed by atoms with E-state index in [-0.39, 0.29) is 0 Å². The third kappa shape index (κ3) is 2.46. The second-order valence-electron chi connectivity index (χ2n) is 4.62. The van der Waals surface area contributed by atoms with Crippen LogP contribution in [0.4, 0.5) is 5.69 Å². The zero-order chi connectivity index (χ0) is 13.1. The molecule has 1 aromatic heterocycles. The molecule has 0 bridgehead atoms. The number of thiophene rings is 1. The van der Waals surface area contributed by atoms with E-state index in [0.29, 0.717) is 5.92 Å². The fourth-order valence-electron chi connectivity index (χ4n) is 1.91. The summed E-state index contributed by atoms with van der Waals surface area (Å²) in [5.74, 6) is 0.572. The number of aryl methyl sites for hydroxylation is 1. The van der Waals surface area contributed by atoms with Crippen molar-refractivity contribution in [3.8, 4) is 10.4 Å². The fraction of sp³-hybridized carbons (Fsp3) is 0.267. The number of benzene rings is 1. The molecule has 0 unspecified atom stereocenters. The number of hydrogen-bond acceptors (Lipinski definition) is 3. The van der Waals surface area contributed by atoms with Crippen molar-refractivity contribution < 1.29 is 0 Å². The molecule has 0 atom stereocenters. The van der Waals surface area contributed by atoms with Crippen LogP contribution < -0.4 is 5.43 Å². The van der Waals surface area contributed by atoms with Crippen LogP contribution in [-0.2, 0) is 0 Å². The van der Waals surface area contributed by atoms with Crippen LogP contribution in [0.1, 0.15) is 30.2 Å². The van der Waals surface area contributed by atoms with Gasteiger partial charge in [-0.25, -0.2) is 0 Å². The Morgan fingerprint density at radius 2 is 2.00 bits per heavy atom. The van der Waals surface area contributed by atoms with E-state index in [9.17, 15) is 0 Å². The topological polar surface area (TPSA) is 24.4 Å². The molecule has 0 amide bonds.